The fraction of sp³-hybridized carbons (Fsp3) is 0.571. The molecule has 5 heteroatoms. The van der Waals surface area contributed by atoms with Crippen molar-refractivity contribution in [3.63, 3.8) is 0 Å². The van der Waals surface area contributed by atoms with Crippen LogP contribution in [0, 0.1) is 0 Å². The molecule has 0 aromatic carbocycles. The van der Waals surface area contributed by atoms with E-state index in [0.29, 0.717) is 13.1 Å². The number of anilines is 1. The molecule has 5 nitrogen and oxygen atoms in total. The van der Waals surface area contributed by atoms with Crippen molar-refractivity contribution in [2.45, 2.75) is 20.4 Å². The van der Waals surface area contributed by atoms with Crippen LogP contribution >= 0.6 is 0 Å². The monoisotopic (exact) mass is 264 g/mol. The Labute approximate surface area is 115 Å². The first-order valence-corrected chi connectivity index (χ1v) is 6.68. The topological polar surface area (TPSA) is 48.5 Å². The molecule has 1 N–H and O–H groups in total. The first-order chi connectivity index (χ1) is 9.08. The van der Waals surface area contributed by atoms with Gasteiger partial charge < -0.3 is 10.2 Å². The van der Waals surface area contributed by atoms with E-state index in [0.717, 1.165) is 24.5 Å². The van der Waals surface area contributed by atoms with E-state index in [2.05, 4.69) is 29.0 Å². The zero-order valence-corrected chi connectivity index (χ0v) is 12.3. The van der Waals surface area contributed by atoms with Gasteiger partial charge in [0.1, 0.15) is 5.82 Å². The van der Waals surface area contributed by atoms with Gasteiger partial charge in [0.15, 0.2) is 0 Å². The van der Waals surface area contributed by atoms with Gasteiger partial charge in [-0.1, -0.05) is 19.9 Å². The van der Waals surface area contributed by atoms with Crippen molar-refractivity contribution in [2.75, 3.05) is 38.6 Å². The molecular weight excluding hydrogens is 240 g/mol. The van der Waals surface area contributed by atoms with Gasteiger partial charge in [-0.15, -0.1) is 0 Å². The SMILES string of the molecule is CCN(CC)CC(=O)NCc1cccnc1N(C)C. The number of aromatic nitrogens is 1. The molecule has 0 saturated carbocycles. The Balaban J connectivity index is 2.55. The summed E-state index contributed by atoms with van der Waals surface area (Å²) < 4.78 is 0. The molecule has 0 unspecified atom stereocenters. The zero-order valence-electron chi connectivity index (χ0n) is 12.3. The highest BCUT2D eigenvalue weighted by Crippen LogP contribution is 2.13. The quantitative estimate of drug-likeness (QED) is 0.801. The van der Waals surface area contributed by atoms with E-state index < -0.39 is 0 Å². The molecule has 0 fully saturated rings. The van der Waals surface area contributed by atoms with E-state index in [1.807, 2.05) is 31.1 Å². The van der Waals surface area contributed by atoms with Crippen molar-refractivity contribution >= 4 is 11.7 Å². The number of hydrogen-bond donors (Lipinski definition) is 1. The average Bonchev–Trinajstić information content (AvgIpc) is 2.42. The molecule has 1 rings (SSSR count). The van der Waals surface area contributed by atoms with Crippen molar-refractivity contribution < 1.29 is 4.79 Å². The Bertz CT molecular complexity index is 402. The summed E-state index contributed by atoms with van der Waals surface area (Å²) in [6, 6.07) is 3.87. The van der Waals surface area contributed by atoms with Crippen LogP contribution in [0.2, 0.25) is 0 Å². The van der Waals surface area contributed by atoms with Crippen molar-refractivity contribution in [1.82, 2.24) is 15.2 Å². The Morgan fingerprint density at radius 3 is 2.58 bits per heavy atom. The maximum absolute atomic E-state index is 11.8. The summed E-state index contributed by atoms with van der Waals surface area (Å²) in [5, 5.41) is 2.95. The third kappa shape index (κ3) is 4.87. The zero-order chi connectivity index (χ0) is 14.3. The molecule has 1 aromatic rings. The molecule has 0 aliphatic rings. The fourth-order valence-electron chi connectivity index (χ4n) is 1.87. The average molecular weight is 264 g/mol. The molecule has 106 valence electrons. The van der Waals surface area contributed by atoms with Gasteiger partial charge in [-0.05, 0) is 19.2 Å². The van der Waals surface area contributed by atoms with Crippen LogP contribution in [0.1, 0.15) is 19.4 Å². The Morgan fingerprint density at radius 1 is 1.32 bits per heavy atom. The number of carbonyl (C=O) groups is 1. The van der Waals surface area contributed by atoms with Gasteiger partial charge in [-0.3, -0.25) is 9.69 Å². The minimum atomic E-state index is 0.0530. The van der Waals surface area contributed by atoms with Crippen molar-refractivity contribution in [3.05, 3.63) is 23.9 Å². The minimum absolute atomic E-state index is 0.0530. The number of nitrogens with zero attached hydrogens (tertiary/aromatic N) is 3. The van der Waals surface area contributed by atoms with Gasteiger partial charge in [0, 0.05) is 32.4 Å². The van der Waals surface area contributed by atoms with Crippen molar-refractivity contribution in [2.24, 2.45) is 0 Å². The van der Waals surface area contributed by atoms with Gasteiger partial charge in [0.25, 0.3) is 0 Å². The van der Waals surface area contributed by atoms with Crippen molar-refractivity contribution in [3.8, 4) is 0 Å². The number of rotatable bonds is 7. The fourth-order valence-corrected chi connectivity index (χ4v) is 1.87. The predicted octanol–water partition coefficient (Wildman–Crippen LogP) is 1.11. The highest BCUT2D eigenvalue weighted by molar-refractivity contribution is 5.78. The number of hydrogen-bond acceptors (Lipinski definition) is 4. The van der Waals surface area contributed by atoms with Crippen molar-refractivity contribution in [1.29, 1.82) is 0 Å². The Hall–Kier alpha value is -1.62. The molecule has 1 aromatic heterocycles. The molecule has 1 heterocycles. The number of carbonyl (C=O) groups excluding carboxylic acids is 1. The van der Waals surface area contributed by atoms with Crippen LogP contribution in [0.25, 0.3) is 0 Å². The highest BCUT2D eigenvalue weighted by Gasteiger charge is 2.09. The third-order valence-corrected chi connectivity index (χ3v) is 3.03. The van der Waals surface area contributed by atoms with Crippen LogP contribution in [-0.2, 0) is 11.3 Å². The lowest BCUT2D eigenvalue weighted by molar-refractivity contribution is -0.122. The molecule has 0 spiro atoms. The largest absolute Gasteiger partial charge is 0.362 e. The number of pyridine rings is 1. The second kappa shape index (κ2) is 7.74. The molecule has 0 bridgehead atoms. The summed E-state index contributed by atoms with van der Waals surface area (Å²) in [5.74, 6) is 0.947. The lowest BCUT2D eigenvalue weighted by atomic mass is 10.2. The number of nitrogens with one attached hydrogen (secondary N) is 1. The maximum Gasteiger partial charge on any atom is 0.234 e. The molecule has 0 radical (unpaired) electrons. The van der Waals surface area contributed by atoms with E-state index in [1.165, 1.54) is 0 Å². The van der Waals surface area contributed by atoms with E-state index in [1.54, 1.807) is 6.20 Å². The van der Waals surface area contributed by atoms with Gasteiger partial charge in [-0.25, -0.2) is 4.98 Å². The van der Waals surface area contributed by atoms with Crippen LogP contribution in [0.15, 0.2) is 18.3 Å². The van der Waals surface area contributed by atoms with Crippen LogP contribution in [0.5, 0.6) is 0 Å². The summed E-state index contributed by atoms with van der Waals surface area (Å²) in [6.07, 6.45) is 1.76. The second-order valence-electron chi connectivity index (χ2n) is 4.62. The first kappa shape index (κ1) is 15.4. The van der Waals surface area contributed by atoms with Gasteiger partial charge in [-0.2, -0.15) is 0 Å². The summed E-state index contributed by atoms with van der Waals surface area (Å²) in [5.41, 5.74) is 1.03. The molecule has 0 saturated heterocycles. The standard InChI is InChI=1S/C14H24N4O/c1-5-18(6-2)11-13(19)16-10-12-8-7-9-15-14(12)17(3)4/h7-9H,5-6,10-11H2,1-4H3,(H,16,19). The molecule has 1 amide bonds. The Morgan fingerprint density at radius 2 is 2.00 bits per heavy atom. The molecule has 0 aliphatic heterocycles. The lowest BCUT2D eigenvalue weighted by Crippen LogP contribution is -2.37. The molecule has 0 aliphatic carbocycles. The second-order valence-corrected chi connectivity index (χ2v) is 4.62. The third-order valence-electron chi connectivity index (χ3n) is 3.03. The normalized spacial score (nSPS) is 10.6. The minimum Gasteiger partial charge on any atom is -0.362 e. The van der Waals surface area contributed by atoms with E-state index in [-0.39, 0.29) is 5.91 Å². The summed E-state index contributed by atoms with van der Waals surface area (Å²) in [6.45, 7) is 6.86. The summed E-state index contributed by atoms with van der Waals surface area (Å²) in [7, 11) is 3.90. The van der Waals surface area contributed by atoms with Crippen LogP contribution in [0.4, 0.5) is 5.82 Å². The lowest BCUT2D eigenvalue weighted by Gasteiger charge is -2.19. The molecule has 19 heavy (non-hydrogen) atoms. The van der Waals surface area contributed by atoms with E-state index in [9.17, 15) is 4.79 Å². The van der Waals surface area contributed by atoms with Gasteiger partial charge in [0.05, 0.1) is 6.54 Å². The van der Waals surface area contributed by atoms with Crippen LogP contribution in [-0.4, -0.2) is 49.5 Å². The summed E-state index contributed by atoms with van der Waals surface area (Å²) in [4.78, 5) is 20.2. The molecular formula is C14H24N4O. The van der Waals surface area contributed by atoms with Crippen LogP contribution in [0.3, 0.4) is 0 Å². The van der Waals surface area contributed by atoms with Crippen LogP contribution < -0.4 is 10.2 Å². The van der Waals surface area contributed by atoms with Gasteiger partial charge in [0.2, 0.25) is 5.91 Å². The smallest absolute Gasteiger partial charge is 0.234 e. The Kier molecular flexibility index (Phi) is 6.29. The first-order valence-electron chi connectivity index (χ1n) is 6.68. The summed E-state index contributed by atoms with van der Waals surface area (Å²) >= 11 is 0. The molecule has 0 atom stereocenters. The predicted molar refractivity (Wildman–Crippen MR) is 78.2 cm³/mol. The van der Waals surface area contributed by atoms with Gasteiger partial charge >= 0.3 is 0 Å². The highest BCUT2D eigenvalue weighted by atomic mass is 16.2. The number of likely N-dealkylation sites (N-methyl/N-ethyl adjacent to an activating group) is 1. The number of amides is 1. The van der Waals surface area contributed by atoms with E-state index in [4.69, 9.17) is 0 Å². The maximum atomic E-state index is 11.8. The van der Waals surface area contributed by atoms with E-state index >= 15 is 0 Å².